The molecule has 2 N–H and O–H groups in total. The minimum Gasteiger partial charge on any atom is -0.349 e. The number of sulfonamides is 1. The second-order valence-electron chi connectivity index (χ2n) is 6.89. The van der Waals surface area contributed by atoms with Gasteiger partial charge in [0.05, 0.1) is 4.90 Å². The molecule has 3 rings (SSSR count). The molecule has 1 fully saturated rings. The fraction of sp³-hybridized carbons (Fsp3) is 0.350. The molecule has 5 nitrogen and oxygen atoms in total. The van der Waals surface area contributed by atoms with Gasteiger partial charge in [-0.2, -0.15) is 0 Å². The van der Waals surface area contributed by atoms with E-state index in [9.17, 15) is 13.2 Å². The fourth-order valence-corrected chi connectivity index (χ4v) is 4.26. The third kappa shape index (κ3) is 4.25. The topological polar surface area (TPSA) is 75.3 Å². The number of carbonyl (C=O) groups excluding carboxylic acids is 1. The van der Waals surface area contributed by atoms with Gasteiger partial charge >= 0.3 is 0 Å². The summed E-state index contributed by atoms with van der Waals surface area (Å²) >= 11 is 0. The van der Waals surface area contributed by atoms with E-state index in [1.165, 1.54) is 12.1 Å². The Morgan fingerprint density at radius 1 is 1.00 bits per heavy atom. The lowest BCUT2D eigenvalue weighted by molar-refractivity contribution is 0.0937. The van der Waals surface area contributed by atoms with E-state index in [1.54, 1.807) is 24.3 Å². The van der Waals surface area contributed by atoms with Gasteiger partial charge in [-0.1, -0.05) is 25.0 Å². The summed E-state index contributed by atoms with van der Waals surface area (Å²) in [6, 6.07) is 11.7. The van der Waals surface area contributed by atoms with E-state index in [4.69, 9.17) is 0 Å². The molecule has 0 spiro atoms. The van der Waals surface area contributed by atoms with E-state index in [0.29, 0.717) is 11.3 Å². The molecule has 1 saturated carbocycles. The van der Waals surface area contributed by atoms with Crippen molar-refractivity contribution in [2.45, 2.75) is 50.5 Å². The lowest BCUT2D eigenvalue weighted by Crippen LogP contribution is -2.32. The highest BCUT2D eigenvalue weighted by molar-refractivity contribution is 7.92. The Morgan fingerprint density at radius 3 is 2.42 bits per heavy atom. The summed E-state index contributed by atoms with van der Waals surface area (Å²) in [6.45, 7) is 3.90. The molecule has 0 heterocycles. The summed E-state index contributed by atoms with van der Waals surface area (Å²) in [4.78, 5) is 12.5. The molecule has 0 aromatic heterocycles. The average Bonchev–Trinajstić information content (AvgIpc) is 3.11. The van der Waals surface area contributed by atoms with Gasteiger partial charge in [-0.25, -0.2) is 8.42 Å². The van der Waals surface area contributed by atoms with Crippen LogP contribution < -0.4 is 10.0 Å². The summed E-state index contributed by atoms with van der Waals surface area (Å²) in [5.74, 6) is -0.222. The molecule has 0 atom stereocenters. The first kappa shape index (κ1) is 18.5. The molecule has 0 saturated heterocycles. The van der Waals surface area contributed by atoms with Gasteiger partial charge in [-0.3, -0.25) is 9.52 Å². The summed E-state index contributed by atoms with van der Waals surface area (Å²) in [5.41, 5.74) is 2.97. The molecule has 1 aliphatic rings. The molecule has 0 unspecified atom stereocenters. The van der Waals surface area contributed by atoms with E-state index in [0.717, 1.165) is 36.8 Å². The molecule has 1 aliphatic carbocycles. The number of benzene rings is 2. The molecular weight excluding hydrogens is 348 g/mol. The largest absolute Gasteiger partial charge is 0.349 e. The highest BCUT2D eigenvalue weighted by Gasteiger charge is 2.20. The Bertz CT molecular complexity index is 916. The minimum absolute atomic E-state index is 0.0785. The van der Waals surface area contributed by atoms with Crippen molar-refractivity contribution in [2.24, 2.45) is 0 Å². The second kappa shape index (κ2) is 7.50. The predicted octanol–water partition coefficient (Wildman–Crippen LogP) is 3.78. The van der Waals surface area contributed by atoms with E-state index < -0.39 is 10.0 Å². The van der Waals surface area contributed by atoms with Gasteiger partial charge in [0.1, 0.15) is 0 Å². The van der Waals surface area contributed by atoms with Crippen LogP contribution >= 0.6 is 0 Å². The van der Waals surface area contributed by atoms with E-state index >= 15 is 0 Å². The molecule has 2 aromatic carbocycles. The first-order valence-corrected chi connectivity index (χ1v) is 10.3. The van der Waals surface area contributed by atoms with Crippen LogP contribution in [-0.4, -0.2) is 20.4 Å². The Kier molecular flexibility index (Phi) is 5.32. The van der Waals surface area contributed by atoms with E-state index in [-0.39, 0.29) is 16.8 Å². The molecule has 138 valence electrons. The molecule has 0 bridgehead atoms. The normalized spacial score (nSPS) is 15.0. The van der Waals surface area contributed by atoms with Crippen LogP contribution in [0.3, 0.4) is 0 Å². The number of nitrogens with one attached hydrogen (secondary N) is 2. The third-order valence-corrected chi connectivity index (χ3v) is 6.24. The first-order chi connectivity index (χ1) is 12.3. The average molecular weight is 372 g/mol. The zero-order chi connectivity index (χ0) is 18.7. The maximum absolute atomic E-state index is 12.7. The van der Waals surface area contributed by atoms with Crippen molar-refractivity contribution in [1.29, 1.82) is 0 Å². The fourth-order valence-electron chi connectivity index (χ4n) is 3.16. The quantitative estimate of drug-likeness (QED) is 0.839. The maximum atomic E-state index is 12.7. The molecule has 6 heteroatoms. The van der Waals surface area contributed by atoms with Crippen molar-refractivity contribution < 1.29 is 13.2 Å². The zero-order valence-electron chi connectivity index (χ0n) is 15.1. The number of hydrogen-bond donors (Lipinski definition) is 2. The molecule has 1 amide bonds. The minimum atomic E-state index is -3.76. The number of anilines is 1. The summed E-state index contributed by atoms with van der Waals surface area (Å²) < 4.78 is 27.9. The van der Waals surface area contributed by atoms with Crippen LogP contribution in [-0.2, 0) is 10.0 Å². The van der Waals surface area contributed by atoms with Crippen molar-refractivity contribution in [3.8, 4) is 0 Å². The number of aryl methyl sites for hydroxylation is 2. The Balaban J connectivity index is 1.79. The van der Waals surface area contributed by atoms with Crippen molar-refractivity contribution in [3.63, 3.8) is 0 Å². The van der Waals surface area contributed by atoms with E-state index in [1.807, 2.05) is 19.9 Å². The molecule has 0 aliphatic heterocycles. The number of hydrogen-bond acceptors (Lipinski definition) is 3. The van der Waals surface area contributed by atoms with Gasteiger partial charge in [0.25, 0.3) is 15.9 Å². The summed E-state index contributed by atoms with van der Waals surface area (Å²) in [6.07, 6.45) is 4.22. The molecular formula is C20H24N2O3S. The first-order valence-electron chi connectivity index (χ1n) is 8.86. The monoisotopic (exact) mass is 372 g/mol. The van der Waals surface area contributed by atoms with Crippen molar-refractivity contribution in [3.05, 3.63) is 59.2 Å². The SMILES string of the molecule is Cc1ccc(NS(=O)(=O)c2cccc(C(=O)NC3CCCC3)c2)cc1C. The van der Waals surface area contributed by atoms with Crippen LogP contribution in [0.1, 0.15) is 47.2 Å². The lowest BCUT2D eigenvalue weighted by atomic mass is 10.1. The standard InChI is InChI=1S/C20H24N2O3S/c1-14-10-11-18(12-15(14)2)22-26(24,25)19-9-5-6-16(13-19)20(23)21-17-7-3-4-8-17/h5-6,9-13,17,22H,3-4,7-8H2,1-2H3,(H,21,23). The smallest absolute Gasteiger partial charge is 0.261 e. The number of amides is 1. The van der Waals surface area contributed by atoms with Crippen LogP contribution in [0, 0.1) is 13.8 Å². The third-order valence-electron chi connectivity index (χ3n) is 4.86. The van der Waals surface area contributed by atoms with Crippen LogP contribution in [0.25, 0.3) is 0 Å². The number of rotatable bonds is 5. The highest BCUT2D eigenvalue weighted by Crippen LogP contribution is 2.21. The summed E-state index contributed by atoms with van der Waals surface area (Å²) in [5, 5.41) is 2.98. The lowest BCUT2D eigenvalue weighted by Gasteiger charge is -2.13. The van der Waals surface area contributed by atoms with E-state index in [2.05, 4.69) is 10.0 Å². The van der Waals surface area contributed by atoms with Crippen molar-refractivity contribution in [2.75, 3.05) is 4.72 Å². The van der Waals surface area contributed by atoms with Crippen LogP contribution in [0.2, 0.25) is 0 Å². The van der Waals surface area contributed by atoms with Gasteiger partial charge in [0.2, 0.25) is 0 Å². The Morgan fingerprint density at radius 2 is 1.73 bits per heavy atom. The van der Waals surface area contributed by atoms with Gasteiger partial charge in [0.15, 0.2) is 0 Å². The predicted molar refractivity (Wildman–Crippen MR) is 103 cm³/mol. The zero-order valence-corrected chi connectivity index (χ0v) is 15.9. The van der Waals surface area contributed by atoms with Crippen molar-refractivity contribution in [1.82, 2.24) is 5.32 Å². The maximum Gasteiger partial charge on any atom is 0.261 e. The van der Waals surface area contributed by atoms with Crippen LogP contribution in [0.5, 0.6) is 0 Å². The Hall–Kier alpha value is -2.34. The van der Waals surface area contributed by atoms with Crippen LogP contribution in [0.4, 0.5) is 5.69 Å². The Labute approximate surface area is 154 Å². The summed E-state index contributed by atoms with van der Waals surface area (Å²) in [7, 11) is -3.76. The van der Waals surface area contributed by atoms with Crippen molar-refractivity contribution >= 4 is 21.6 Å². The van der Waals surface area contributed by atoms with Gasteiger partial charge < -0.3 is 5.32 Å². The molecule has 2 aromatic rings. The van der Waals surface area contributed by atoms with Crippen LogP contribution in [0.15, 0.2) is 47.4 Å². The highest BCUT2D eigenvalue weighted by atomic mass is 32.2. The van der Waals surface area contributed by atoms with Gasteiger partial charge in [-0.05, 0) is 68.1 Å². The molecule has 26 heavy (non-hydrogen) atoms. The van der Waals surface area contributed by atoms with Gasteiger partial charge in [0, 0.05) is 17.3 Å². The van der Waals surface area contributed by atoms with Gasteiger partial charge in [-0.15, -0.1) is 0 Å². The number of carbonyl (C=O) groups is 1. The molecule has 0 radical (unpaired) electrons. The second-order valence-corrected chi connectivity index (χ2v) is 8.57.